The number of aliphatic hydroxyl groups excluding tert-OH is 1. The topological polar surface area (TPSA) is 33.1 Å². The van der Waals surface area contributed by atoms with Gasteiger partial charge in [0.15, 0.2) is 0 Å². The van der Waals surface area contributed by atoms with Crippen LogP contribution < -0.4 is 0 Å². The molecule has 0 atom stereocenters. The van der Waals surface area contributed by atoms with Crippen molar-refractivity contribution in [3.63, 3.8) is 0 Å². The zero-order valence-corrected chi connectivity index (χ0v) is 8.40. The van der Waals surface area contributed by atoms with E-state index in [1.54, 1.807) is 11.3 Å². The maximum absolute atomic E-state index is 8.69. The van der Waals surface area contributed by atoms with Crippen LogP contribution in [0, 0.1) is 5.92 Å². The quantitative estimate of drug-likeness (QED) is 0.777. The Morgan fingerprint density at radius 1 is 1.58 bits per heavy atom. The number of aromatic nitrogens is 1. The van der Waals surface area contributed by atoms with Crippen LogP contribution in [0.25, 0.3) is 0 Å². The van der Waals surface area contributed by atoms with Gasteiger partial charge in [-0.15, -0.1) is 11.3 Å². The summed E-state index contributed by atoms with van der Waals surface area (Å²) < 4.78 is 0. The maximum Gasteiger partial charge on any atom is 0.0930 e. The van der Waals surface area contributed by atoms with Gasteiger partial charge in [-0.2, -0.15) is 0 Å². The highest BCUT2D eigenvalue weighted by atomic mass is 32.1. The van der Waals surface area contributed by atoms with Gasteiger partial charge in [-0.1, -0.05) is 13.8 Å². The third kappa shape index (κ3) is 2.91. The van der Waals surface area contributed by atoms with E-state index in [4.69, 9.17) is 5.11 Å². The Labute approximate surface area is 77.3 Å². The fourth-order valence-corrected chi connectivity index (χ4v) is 2.14. The number of hydrogen-bond acceptors (Lipinski definition) is 3. The van der Waals surface area contributed by atoms with E-state index in [0.29, 0.717) is 5.92 Å². The number of hydrogen-bond donors (Lipinski definition) is 1. The minimum absolute atomic E-state index is 0.226. The summed E-state index contributed by atoms with van der Waals surface area (Å²) in [7, 11) is 0. The molecule has 1 N–H and O–H groups in total. The zero-order valence-electron chi connectivity index (χ0n) is 7.58. The average molecular weight is 185 g/mol. The molecule has 2 nitrogen and oxygen atoms in total. The molecular weight excluding hydrogens is 170 g/mol. The van der Waals surface area contributed by atoms with E-state index in [2.05, 4.69) is 18.8 Å². The minimum Gasteiger partial charge on any atom is -0.396 e. The number of nitrogens with zero attached hydrogens (tertiary/aromatic N) is 1. The Balaban J connectivity index is 2.52. The predicted molar refractivity (Wildman–Crippen MR) is 51.4 cm³/mol. The standard InChI is InChI=1S/C9H15NOS/c1-7(2)5-9-10-6-8(12-9)3-4-11/h6-7,11H,3-5H2,1-2H3. The lowest BCUT2D eigenvalue weighted by Crippen LogP contribution is -1.91. The first-order valence-corrected chi connectivity index (χ1v) is 5.08. The van der Waals surface area contributed by atoms with E-state index in [1.165, 1.54) is 9.88 Å². The van der Waals surface area contributed by atoms with Gasteiger partial charge in [0, 0.05) is 30.5 Å². The molecule has 1 heterocycles. The Morgan fingerprint density at radius 2 is 2.33 bits per heavy atom. The summed E-state index contributed by atoms with van der Waals surface area (Å²) in [6, 6.07) is 0. The van der Waals surface area contributed by atoms with E-state index >= 15 is 0 Å². The first kappa shape index (κ1) is 9.68. The molecule has 0 saturated carbocycles. The van der Waals surface area contributed by atoms with E-state index in [0.717, 1.165) is 12.8 Å². The molecule has 0 saturated heterocycles. The van der Waals surface area contributed by atoms with E-state index in [9.17, 15) is 0 Å². The van der Waals surface area contributed by atoms with Crippen LogP contribution in [0.15, 0.2) is 6.20 Å². The highest BCUT2D eigenvalue weighted by Gasteiger charge is 2.03. The van der Waals surface area contributed by atoms with Gasteiger partial charge < -0.3 is 5.11 Å². The SMILES string of the molecule is CC(C)Cc1ncc(CCO)s1. The highest BCUT2D eigenvalue weighted by molar-refractivity contribution is 7.11. The molecule has 0 aliphatic rings. The van der Waals surface area contributed by atoms with Gasteiger partial charge in [0.25, 0.3) is 0 Å². The second-order valence-corrected chi connectivity index (χ2v) is 4.49. The summed E-state index contributed by atoms with van der Waals surface area (Å²) in [5.74, 6) is 0.665. The lowest BCUT2D eigenvalue weighted by molar-refractivity contribution is 0.300. The van der Waals surface area contributed by atoms with Crippen molar-refractivity contribution in [2.75, 3.05) is 6.61 Å². The highest BCUT2D eigenvalue weighted by Crippen LogP contribution is 2.16. The predicted octanol–water partition coefficient (Wildman–Crippen LogP) is 1.88. The molecule has 0 radical (unpaired) electrons. The zero-order chi connectivity index (χ0) is 8.97. The van der Waals surface area contributed by atoms with Crippen molar-refractivity contribution in [1.29, 1.82) is 0 Å². The smallest absolute Gasteiger partial charge is 0.0930 e. The molecule has 12 heavy (non-hydrogen) atoms. The molecule has 1 aromatic heterocycles. The first-order chi connectivity index (χ1) is 5.72. The van der Waals surface area contributed by atoms with Crippen LogP contribution in [-0.4, -0.2) is 16.7 Å². The van der Waals surface area contributed by atoms with Gasteiger partial charge in [-0.3, -0.25) is 0 Å². The van der Waals surface area contributed by atoms with Crippen molar-refractivity contribution in [2.45, 2.75) is 26.7 Å². The molecule has 0 fully saturated rings. The van der Waals surface area contributed by atoms with Crippen molar-refractivity contribution >= 4 is 11.3 Å². The molecule has 0 spiro atoms. The van der Waals surface area contributed by atoms with E-state index in [1.807, 2.05) is 6.20 Å². The lowest BCUT2D eigenvalue weighted by Gasteiger charge is -1.98. The molecule has 0 aliphatic heterocycles. The Morgan fingerprint density at radius 3 is 2.92 bits per heavy atom. The van der Waals surface area contributed by atoms with E-state index < -0.39 is 0 Å². The second-order valence-electron chi connectivity index (χ2n) is 3.29. The van der Waals surface area contributed by atoms with Crippen molar-refractivity contribution < 1.29 is 5.11 Å². The van der Waals surface area contributed by atoms with Crippen LogP contribution in [0.1, 0.15) is 23.7 Å². The van der Waals surface area contributed by atoms with Crippen molar-refractivity contribution in [2.24, 2.45) is 5.92 Å². The van der Waals surface area contributed by atoms with Crippen LogP contribution in [0.2, 0.25) is 0 Å². The van der Waals surface area contributed by atoms with Crippen molar-refractivity contribution in [1.82, 2.24) is 4.98 Å². The third-order valence-corrected chi connectivity index (χ3v) is 2.62. The lowest BCUT2D eigenvalue weighted by atomic mass is 10.1. The molecule has 0 aliphatic carbocycles. The molecule has 0 aromatic carbocycles. The molecular formula is C9H15NOS. The van der Waals surface area contributed by atoms with Crippen LogP contribution in [0.4, 0.5) is 0 Å². The normalized spacial score (nSPS) is 11.0. The third-order valence-electron chi connectivity index (χ3n) is 1.54. The summed E-state index contributed by atoms with van der Waals surface area (Å²) >= 11 is 1.71. The summed E-state index contributed by atoms with van der Waals surface area (Å²) in [5, 5.41) is 9.88. The molecule has 1 aromatic rings. The Kier molecular flexibility index (Phi) is 3.69. The number of rotatable bonds is 4. The van der Waals surface area contributed by atoms with Crippen molar-refractivity contribution in [3.8, 4) is 0 Å². The van der Waals surface area contributed by atoms with Gasteiger partial charge in [0.1, 0.15) is 0 Å². The van der Waals surface area contributed by atoms with Gasteiger partial charge in [-0.05, 0) is 5.92 Å². The molecule has 0 unspecified atom stereocenters. The van der Waals surface area contributed by atoms with Gasteiger partial charge in [0.2, 0.25) is 0 Å². The second kappa shape index (κ2) is 4.58. The van der Waals surface area contributed by atoms with E-state index in [-0.39, 0.29) is 6.61 Å². The fraction of sp³-hybridized carbons (Fsp3) is 0.667. The average Bonchev–Trinajstić information content (AvgIpc) is 2.36. The van der Waals surface area contributed by atoms with Crippen LogP contribution in [0.5, 0.6) is 0 Å². The Hall–Kier alpha value is -0.410. The molecule has 0 bridgehead atoms. The van der Waals surface area contributed by atoms with Crippen LogP contribution in [0.3, 0.4) is 0 Å². The summed E-state index contributed by atoms with van der Waals surface area (Å²) in [4.78, 5) is 5.47. The first-order valence-electron chi connectivity index (χ1n) is 4.27. The largest absolute Gasteiger partial charge is 0.396 e. The minimum atomic E-state index is 0.226. The molecule has 3 heteroatoms. The van der Waals surface area contributed by atoms with Crippen molar-refractivity contribution in [3.05, 3.63) is 16.1 Å². The van der Waals surface area contributed by atoms with Crippen LogP contribution >= 0.6 is 11.3 Å². The summed E-state index contributed by atoms with van der Waals surface area (Å²) in [6.07, 6.45) is 3.67. The fourth-order valence-electron chi connectivity index (χ4n) is 1.02. The Bertz CT molecular complexity index is 232. The van der Waals surface area contributed by atoms with Gasteiger partial charge in [-0.25, -0.2) is 4.98 Å². The van der Waals surface area contributed by atoms with Gasteiger partial charge >= 0.3 is 0 Å². The van der Waals surface area contributed by atoms with Crippen LogP contribution in [-0.2, 0) is 12.8 Å². The monoisotopic (exact) mass is 185 g/mol. The maximum atomic E-state index is 8.69. The number of thiazole rings is 1. The molecule has 1 rings (SSSR count). The molecule has 68 valence electrons. The number of aliphatic hydroxyl groups is 1. The summed E-state index contributed by atoms with van der Waals surface area (Å²) in [6.45, 7) is 4.60. The molecule has 0 amide bonds. The van der Waals surface area contributed by atoms with Gasteiger partial charge in [0.05, 0.1) is 5.01 Å². The summed E-state index contributed by atoms with van der Waals surface area (Å²) in [5.41, 5.74) is 0.